The molecule has 11 heteroatoms. The number of carbonyl (C=O) groups is 2. The van der Waals surface area contributed by atoms with E-state index in [-0.39, 0.29) is 30.4 Å². The Hall–Kier alpha value is -2.02. The molecule has 0 radical (unpaired) electrons. The first-order valence-electron chi connectivity index (χ1n) is 11.1. The summed E-state index contributed by atoms with van der Waals surface area (Å²) in [5.74, 6) is -0.749. The Morgan fingerprint density at radius 2 is 2.00 bits per heavy atom. The van der Waals surface area contributed by atoms with Crippen LogP contribution in [0.3, 0.4) is 0 Å². The zero-order valence-corrected chi connectivity index (χ0v) is 18.8. The lowest BCUT2D eigenvalue weighted by Gasteiger charge is -2.34. The maximum absolute atomic E-state index is 12.2. The normalized spacial score (nSPS) is 23.5. The average Bonchev–Trinajstić information content (AvgIpc) is 2.93. The summed E-state index contributed by atoms with van der Waals surface area (Å²) >= 11 is 0. The molecule has 1 aromatic rings. The third-order valence-corrected chi connectivity index (χ3v) is 6.00. The molecular formula is C21H35BN6O4. The third kappa shape index (κ3) is 6.28. The second kappa shape index (κ2) is 10.3. The molecule has 32 heavy (non-hydrogen) atoms. The molecule has 3 unspecified atom stereocenters. The minimum absolute atomic E-state index is 0.0854. The number of carbonyl (C=O) groups excluding carboxylic acids is 2. The number of fused-ring (bicyclic) bond motifs is 1. The van der Waals surface area contributed by atoms with Crippen molar-refractivity contribution in [1.82, 2.24) is 10.2 Å². The molecular weight excluding hydrogens is 411 g/mol. The van der Waals surface area contributed by atoms with E-state index < -0.39 is 18.8 Å². The molecule has 1 aromatic carbocycles. The number of anilines is 1. The zero-order chi connectivity index (χ0) is 23.5. The van der Waals surface area contributed by atoms with Crippen LogP contribution in [0.2, 0.25) is 0 Å². The van der Waals surface area contributed by atoms with Gasteiger partial charge in [-0.2, -0.15) is 0 Å². The molecule has 9 N–H and O–H groups in total. The summed E-state index contributed by atoms with van der Waals surface area (Å²) in [6.45, 7) is 5.94. The van der Waals surface area contributed by atoms with E-state index >= 15 is 0 Å². The Morgan fingerprint density at radius 3 is 2.69 bits per heavy atom. The molecule has 10 nitrogen and oxygen atoms in total. The van der Waals surface area contributed by atoms with Crippen molar-refractivity contribution in [3.05, 3.63) is 23.8 Å². The van der Waals surface area contributed by atoms with Gasteiger partial charge in [0.1, 0.15) is 0 Å². The van der Waals surface area contributed by atoms with Crippen LogP contribution in [0.25, 0.3) is 0 Å². The van der Waals surface area contributed by atoms with Crippen molar-refractivity contribution in [3.63, 3.8) is 0 Å². The van der Waals surface area contributed by atoms with Crippen LogP contribution in [0.5, 0.6) is 0 Å². The Balaban J connectivity index is 1.39. The summed E-state index contributed by atoms with van der Waals surface area (Å²) in [6.07, 6.45) is 2.08. The number of hydrogen-bond acceptors (Lipinski definition) is 8. The highest BCUT2D eigenvalue weighted by Crippen LogP contribution is 2.30. The van der Waals surface area contributed by atoms with E-state index in [1.165, 1.54) is 0 Å². The molecule has 1 saturated heterocycles. The molecule has 176 valence electrons. The van der Waals surface area contributed by atoms with Gasteiger partial charge in [0, 0.05) is 30.9 Å². The van der Waals surface area contributed by atoms with E-state index in [1.54, 1.807) is 12.1 Å². The van der Waals surface area contributed by atoms with Crippen LogP contribution in [0.15, 0.2) is 18.2 Å². The topological polar surface area (TPSA) is 169 Å². The fourth-order valence-corrected chi connectivity index (χ4v) is 4.43. The molecule has 0 aromatic heterocycles. The van der Waals surface area contributed by atoms with Crippen molar-refractivity contribution >= 4 is 30.1 Å². The quantitative estimate of drug-likeness (QED) is 0.253. The Bertz CT molecular complexity index is 829. The predicted molar refractivity (Wildman–Crippen MR) is 124 cm³/mol. The van der Waals surface area contributed by atoms with Crippen LogP contribution >= 0.6 is 0 Å². The van der Waals surface area contributed by atoms with Gasteiger partial charge in [0.25, 0.3) is 0 Å². The molecule has 0 spiro atoms. The van der Waals surface area contributed by atoms with Crippen molar-refractivity contribution in [3.8, 4) is 0 Å². The first-order chi connectivity index (χ1) is 15.0. The van der Waals surface area contributed by atoms with Gasteiger partial charge in [-0.05, 0) is 62.8 Å². The zero-order valence-electron chi connectivity index (χ0n) is 18.8. The van der Waals surface area contributed by atoms with Crippen molar-refractivity contribution < 1.29 is 19.3 Å². The SMILES string of the molecule is CC1(C)OB(O)c2cc(NC(=O)CNC(=O)C(N)CCCN3CC(N)CC(N)C3)ccc21. The lowest BCUT2D eigenvalue weighted by Crippen LogP contribution is -2.52. The van der Waals surface area contributed by atoms with Crippen LogP contribution in [0.1, 0.15) is 38.7 Å². The number of nitrogens with two attached hydrogens (primary N) is 3. The van der Waals surface area contributed by atoms with Gasteiger partial charge in [0.05, 0.1) is 18.2 Å². The summed E-state index contributed by atoms with van der Waals surface area (Å²) in [4.78, 5) is 26.7. The number of amides is 2. The smallest absolute Gasteiger partial charge is 0.423 e. The van der Waals surface area contributed by atoms with E-state index in [1.807, 2.05) is 19.9 Å². The lowest BCUT2D eigenvalue weighted by atomic mass is 9.78. The van der Waals surface area contributed by atoms with E-state index in [4.69, 9.17) is 21.9 Å². The second-order valence-corrected chi connectivity index (χ2v) is 9.31. The van der Waals surface area contributed by atoms with Gasteiger partial charge in [-0.25, -0.2) is 0 Å². The summed E-state index contributed by atoms with van der Waals surface area (Å²) in [7, 11) is -1.04. The number of benzene rings is 1. The summed E-state index contributed by atoms with van der Waals surface area (Å²) in [6, 6.07) is 4.72. The van der Waals surface area contributed by atoms with Gasteiger partial charge < -0.3 is 42.4 Å². The molecule has 0 aliphatic carbocycles. The second-order valence-electron chi connectivity index (χ2n) is 9.31. The summed E-state index contributed by atoms with van der Waals surface area (Å²) < 4.78 is 5.52. The van der Waals surface area contributed by atoms with E-state index in [9.17, 15) is 14.6 Å². The average molecular weight is 446 g/mol. The van der Waals surface area contributed by atoms with Crippen molar-refractivity contribution in [2.24, 2.45) is 17.2 Å². The minimum Gasteiger partial charge on any atom is -0.423 e. The van der Waals surface area contributed by atoms with Crippen LogP contribution in [-0.4, -0.2) is 73.2 Å². The van der Waals surface area contributed by atoms with Crippen LogP contribution in [0, 0.1) is 0 Å². The third-order valence-electron chi connectivity index (χ3n) is 6.00. The molecule has 1 fully saturated rings. The van der Waals surface area contributed by atoms with Gasteiger partial charge in [-0.3, -0.25) is 9.59 Å². The molecule has 2 amide bonds. The molecule has 2 heterocycles. The standard InChI is InChI=1S/C21H35BN6O4/c1-21(2)16-6-5-15(9-17(16)22(31)32-21)27-19(29)10-26-20(30)18(25)4-3-7-28-11-13(23)8-14(24)12-28/h5-6,9,13-14,18,31H,3-4,7-8,10-12,23-25H2,1-2H3,(H,26,30)(H,27,29). The highest BCUT2D eigenvalue weighted by atomic mass is 16.5. The first kappa shape index (κ1) is 24.6. The lowest BCUT2D eigenvalue weighted by molar-refractivity contribution is -0.125. The van der Waals surface area contributed by atoms with E-state index in [0.29, 0.717) is 17.6 Å². The van der Waals surface area contributed by atoms with Crippen LogP contribution in [0.4, 0.5) is 5.69 Å². The minimum atomic E-state index is -1.04. The fourth-order valence-electron chi connectivity index (χ4n) is 4.43. The number of hydrogen-bond donors (Lipinski definition) is 6. The van der Waals surface area contributed by atoms with Gasteiger partial charge >= 0.3 is 7.12 Å². The highest BCUT2D eigenvalue weighted by molar-refractivity contribution is 6.62. The molecule has 3 atom stereocenters. The number of piperidine rings is 1. The van der Waals surface area contributed by atoms with Crippen LogP contribution < -0.4 is 33.3 Å². The largest absolute Gasteiger partial charge is 0.492 e. The number of nitrogens with zero attached hydrogens (tertiary/aromatic N) is 1. The van der Waals surface area contributed by atoms with Crippen LogP contribution in [-0.2, 0) is 19.8 Å². The molecule has 2 aliphatic rings. The number of likely N-dealkylation sites (tertiary alicyclic amines) is 1. The first-order valence-corrected chi connectivity index (χ1v) is 11.1. The van der Waals surface area contributed by atoms with Gasteiger partial charge in [-0.15, -0.1) is 0 Å². The van der Waals surface area contributed by atoms with Gasteiger partial charge in [0.15, 0.2) is 0 Å². The van der Waals surface area contributed by atoms with Gasteiger partial charge in [0.2, 0.25) is 11.8 Å². The maximum atomic E-state index is 12.2. The fraction of sp³-hybridized carbons (Fsp3) is 0.619. The van der Waals surface area contributed by atoms with E-state index in [0.717, 1.165) is 38.0 Å². The number of nitrogens with one attached hydrogen (secondary N) is 2. The summed E-state index contributed by atoms with van der Waals surface area (Å²) in [5.41, 5.74) is 19.4. The predicted octanol–water partition coefficient (Wildman–Crippen LogP) is -1.84. The maximum Gasteiger partial charge on any atom is 0.492 e. The molecule has 0 bridgehead atoms. The Labute approximate surface area is 189 Å². The molecule has 0 saturated carbocycles. The van der Waals surface area contributed by atoms with Crippen molar-refractivity contribution in [2.75, 3.05) is 31.5 Å². The Kier molecular flexibility index (Phi) is 7.91. The monoisotopic (exact) mass is 446 g/mol. The molecule has 3 rings (SSSR count). The van der Waals surface area contributed by atoms with Gasteiger partial charge in [-0.1, -0.05) is 6.07 Å². The Morgan fingerprint density at radius 1 is 1.31 bits per heavy atom. The highest BCUT2D eigenvalue weighted by Gasteiger charge is 2.40. The summed E-state index contributed by atoms with van der Waals surface area (Å²) in [5, 5.41) is 15.4. The van der Waals surface area contributed by atoms with Crippen molar-refractivity contribution in [2.45, 2.75) is 56.8 Å². The number of rotatable bonds is 8. The van der Waals surface area contributed by atoms with E-state index in [2.05, 4.69) is 15.5 Å². The molecule has 2 aliphatic heterocycles. The van der Waals surface area contributed by atoms with Crippen molar-refractivity contribution in [1.29, 1.82) is 0 Å².